The third-order valence-electron chi connectivity index (χ3n) is 2.68. The van der Waals surface area contributed by atoms with E-state index in [1.54, 1.807) is 0 Å². The maximum Gasteiger partial charge on any atom is 0.303 e. The normalized spacial score (nSPS) is 13.4. The molecule has 18 heavy (non-hydrogen) atoms. The van der Waals surface area contributed by atoms with Crippen LogP contribution >= 0.6 is 0 Å². The molecule has 0 bridgehead atoms. The molecule has 1 unspecified atom stereocenters. The Morgan fingerprint density at radius 2 is 1.89 bits per heavy atom. The molecule has 1 atom stereocenters. The summed E-state index contributed by atoms with van der Waals surface area (Å²) in [5.41, 5.74) is 0. The van der Waals surface area contributed by atoms with Crippen molar-refractivity contribution >= 4 is 16.0 Å². The van der Waals surface area contributed by atoms with E-state index in [2.05, 4.69) is 11.6 Å². The molecule has 0 aliphatic heterocycles. The van der Waals surface area contributed by atoms with Crippen LogP contribution in [0.4, 0.5) is 0 Å². The van der Waals surface area contributed by atoms with E-state index in [0.717, 1.165) is 25.7 Å². The number of rotatable bonds is 11. The molecule has 108 valence electrons. The van der Waals surface area contributed by atoms with E-state index >= 15 is 0 Å². The summed E-state index contributed by atoms with van der Waals surface area (Å²) in [6, 6.07) is -0.0725. The molecule has 0 fully saturated rings. The van der Waals surface area contributed by atoms with Gasteiger partial charge in [-0.1, -0.05) is 32.6 Å². The Bertz CT molecular complexity index is 327. The number of carbonyl (C=O) groups is 1. The predicted octanol–water partition coefficient (Wildman–Crippen LogP) is 2.13. The number of nitrogens with one attached hydrogen (secondary N) is 1. The van der Waals surface area contributed by atoms with E-state index in [1.807, 2.05) is 6.92 Å². The van der Waals surface area contributed by atoms with Crippen molar-refractivity contribution in [2.45, 2.75) is 64.8 Å². The van der Waals surface area contributed by atoms with E-state index in [9.17, 15) is 13.2 Å². The Labute approximate surface area is 110 Å². The summed E-state index contributed by atoms with van der Waals surface area (Å²) in [5.74, 6) is -1.07. The summed E-state index contributed by atoms with van der Waals surface area (Å²) in [7, 11) is -3.33. The van der Waals surface area contributed by atoms with Crippen LogP contribution in [0, 0.1) is 0 Å². The minimum Gasteiger partial charge on any atom is -0.481 e. The molecule has 0 aliphatic rings. The summed E-state index contributed by atoms with van der Waals surface area (Å²) in [6.45, 7) is 3.98. The second-order valence-electron chi connectivity index (χ2n) is 4.68. The summed E-state index contributed by atoms with van der Waals surface area (Å²) in [5, 5.41) is 8.44. The zero-order valence-electron chi connectivity index (χ0n) is 11.3. The van der Waals surface area contributed by atoms with Crippen LogP contribution < -0.4 is 4.72 Å². The van der Waals surface area contributed by atoms with Gasteiger partial charge in [-0.05, 0) is 19.8 Å². The molecule has 0 spiro atoms. The number of sulfonamides is 1. The molecule has 0 aromatic heterocycles. The first-order valence-corrected chi connectivity index (χ1v) is 8.24. The average Bonchev–Trinajstić information content (AvgIpc) is 2.22. The van der Waals surface area contributed by atoms with Crippen LogP contribution in [-0.4, -0.2) is 31.3 Å². The summed E-state index contributed by atoms with van der Waals surface area (Å²) in [4.78, 5) is 10.3. The Balaban J connectivity index is 3.82. The second-order valence-corrected chi connectivity index (χ2v) is 6.56. The highest BCUT2D eigenvalue weighted by Crippen LogP contribution is 2.06. The van der Waals surface area contributed by atoms with Crippen LogP contribution in [0.1, 0.15) is 58.8 Å². The standard InChI is InChI=1S/C12H25NO4S/c1-3-4-5-6-8-11(2)13-18(16,17)10-7-9-12(14)15/h11,13H,3-10H2,1-2H3,(H,14,15). The first-order valence-electron chi connectivity index (χ1n) is 6.59. The molecular formula is C12H25NO4S. The number of unbranched alkanes of at least 4 members (excludes halogenated alkanes) is 3. The van der Waals surface area contributed by atoms with Crippen LogP contribution in [0.2, 0.25) is 0 Å². The van der Waals surface area contributed by atoms with Gasteiger partial charge in [-0.25, -0.2) is 13.1 Å². The third-order valence-corrected chi connectivity index (χ3v) is 4.26. The zero-order chi connectivity index (χ0) is 14.0. The van der Waals surface area contributed by atoms with Crippen molar-refractivity contribution in [3.8, 4) is 0 Å². The fourth-order valence-corrected chi connectivity index (χ4v) is 3.09. The maximum atomic E-state index is 11.6. The van der Waals surface area contributed by atoms with E-state index in [4.69, 9.17) is 5.11 Å². The van der Waals surface area contributed by atoms with E-state index < -0.39 is 16.0 Å². The van der Waals surface area contributed by atoms with Crippen molar-refractivity contribution < 1.29 is 18.3 Å². The number of carboxylic acids is 1. The number of aliphatic carboxylic acids is 1. The quantitative estimate of drug-likeness (QED) is 0.567. The van der Waals surface area contributed by atoms with Gasteiger partial charge in [0.25, 0.3) is 0 Å². The Morgan fingerprint density at radius 1 is 1.22 bits per heavy atom. The molecule has 0 radical (unpaired) electrons. The topological polar surface area (TPSA) is 83.5 Å². The molecule has 0 aromatic rings. The lowest BCUT2D eigenvalue weighted by molar-refractivity contribution is -0.137. The van der Waals surface area contributed by atoms with Gasteiger partial charge in [0.05, 0.1) is 5.75 Å². The fraction of sp³-hybridized carbons (Fsp3) is 0.917. The van der Waals surface area contributed by atoms with Crippen molar-refractivity contribution in [1.82, 2.24) is 4.72 Å². The molecule has 6 heteroatoms. The van der Waals surface area contributed by atoms with Crippen LogP contribution in [-0.2, 0) is 14.8 Å². The minimum atomic E-state index is -3.33. The van der Waals surface area contributed by atoms with Gasteiger partial charge in [0.2, 0.25) is 10.0 Å². The first-order chi connectivity index (χ1) is 8.37. The molecule has 0 aliphatic carbocycles. The van der Waals surface area contributed by atoms with E-state index in [-0.39, 0.29) is 24.6 Å². The lowest BCUT2D eigenvalue weighted by atomic mass is 10.1. The SMILES string of the molecule is CCCCCCC(C)NS(=O)(=O)CCCC(=O)O. The monoisotopic (exact) mass is 279 g/mol. The molecular weight excluding hydrogens is 254 g/mol. The van der Waals surface area contributed by atoms with Crippen LogP contribution in [0.25, 0.3) is 0 Å². The average molecular weight is 279 g/mol. The van der Waals surface area contributed by atoms with E-state index in [0.29, 0.717) is 0 Å². The van der Waals surface area contributed by atoms with Crippen LogP contribution in [0.15, 0.2) is 0 Å². The number of carboxylic acid groups (broad SMARTS) is 1. The predicted molar refractivity (Wildman–Crippen MR) is 72.0 cm³/mol. The Morgan fingerprint density at radius 3 is 2.44 bits per heavy atom. The molecule has 0 aromatic carbocycles. The van der Waals surface area contributed by atoms with Gasteiger partial charge >= 0.3 is 5.97 Å². The highest BCUT2D eigenvalue weighted by atomic mass is 32.2. The van der Waals surface area contributed by atoms with Gasteiger partial charge in [-0.15, -0.1) is 0 Å². The van der Waals surface area contributed by atoms with Gasteiger partial charge in [-0.3, -0.25) is 4.79 Å². The number of hydrogen-bond donors (Lipinski definition) is 2. The Hall–Kier alpha value is -0.620. The van der Waals surface area contributed by atoms with Gasteiger partial charge in [-0.2, -0.15) is 0 Å². The van der Waals surface area contributed by atoms with Gasteiger partial charge < -0.3 is 5.11 Å². The number of hydrogen-bond acceptors (Lipinski definition) is 3. The molecule has 5 nitrogen and oxygen atoms in total. The van der Waals surface area contributed by atoms with Crippen molar-refractivity contribution in [2.75, 3.05) is 5.75 Å². The molecule has 0 heterocycles. The largest absolute Gasteiger partial charge is 0.481 e. The van der Waals surface area contributed by atoms with Crippen molar-refractivity contribution in [2.24, 2.45) is 0 Å². The van der Waals surface area contributed by atoms with Gasteiger partial charge in [0.15, 0.2) is 0 Å². The highest BCUT2D eigenvalue weighted by molar-refractivity contribution is 7.89. The third kappa shape index (κ3) is 10.5. The lowest BCUT2D eigenvalue weighted by Gasteiger charge is -2.13. The smallest absolute Gasteiger partial charge is 0.303 e. The molecule has 0 saturated heterocycles. The highest BCUT2D eigenvalue weighted by Gasteiger charge is 2.14. The summed E-state index contributed by atoms with van der Waals surface area (Å²) < 4.78 is 25.8. The molecule has 2 N–H and O–H groups in total. The van der Waals surface area contributed by atoms with E-state index in [1.165, 1.54) is 6.42 Å². The second kappa shape index (κ2) is 9.33. The van der Waals surface area contributed by atoms with Gasteiger partial charge in [0.1, 0.15) is 0 Å². The Kier molecular flexibility index (Phi) is 9.01. The molecule has 0 amide bonds. The zero-order valence-corrected chi connectivity index (χ0v) is 12.1. The summed E-state index contributed by atoms with van der Waals surface area (Å²) in [6.07, 6.45) is 5.37. The van der Waals surface area contributed by atoms with Crippen LogP contribution in [0.3, 0.4) is 0 Å². The lowest BCUT2D eigenvalue weighted by Crippen LogP contribution is -2.34. The van der Waals surface area contributed by atoms with Crippen molar-refractivity contribution in [1.29, 1.82) is 0 Å². The molecule has 0 rings (SSSR count). The minimum absolute atomic E-state index is 0.0725. The van der Waals surface area contributed by atoms with Gasteiger partial charge in [0, 0.05) is 12.5 Å². The fourth-order valence-electron chi connectivity index (χ4n) is 1.72. The molecule has 0 saturated carbocycles. The maximum absolute atomic E-state index is 11.6. The van der Waals surface area contributed by atoms with Crippen LogP contribution in [0.5, 0.6) is 0 Å². The summed E-state index contributed by atoms with van der Waals surface area (Å²) >= 11 is 0. The van der Waals surface area contributed by atoms with Crippen molar-refractivity contribution in [3.63, 3.8) is 0 Å². The van der Waals surface area contributed by atoms with Crippen molar-refractivity contribution in [3.05, 3.63) is 0 Å². The first kappa shape index (κ1) is 17.4.